The molecule has 0 saturated carbocycles. The Balaban J connectivity index is 3.07. The first-order chi connectivity index (χ1) is 4.70. The van der Waals surface area contributed by atoms with Crippen molar-refractivity contribution in [2.24, 2.45) is 0 Å². The molecular formula is C6H7N2O2+. The van der Waals surface area contributed by atoms with Crippen molar-refractivity contribution in [2.75, 3.05) is 5.73 Å². The van der Waals surface area contributed by atoms with Crippen molar-refractivity contribution in [3.05, 3.63) is 24.0 Å². The predicted molar refractivity (Wildman–Crippen MR) is 34.4 cm³/mol. The van der Waals surface area contributed by atoms with Gasteiger partial charge in [-0.25, -0.2) is 9.78 Å². The van der Waals surface area contributed by atoms with Crippen LogP contribution in [0.1, 0.15) is 10.4 Å². The highest BCUT2D eigenvalue weighted by Gasteiger charge is 2.04. The second-order valence-corrected chi connectivity index (χ2v) is 1.86. The van der Waals surface area contributed by atoms with Gasteiger partial charge in [-0.2, -0.15) is 0 Å². The second kappa shape index (κ2) is 2.34. The largest absolute Gasteiger partial charge is 0.477 e. The number of H-pyrrole nitrogens is 1. The van der Waals surface area contributed by atoms with Crippen molar-refractivity contribution in [1.29, 1.82) is 0 Å². The molecule has 0 radical (unpaired) electrons. The number of hydrogen-bond acceptors (Lipinski definition) is 2. The Labute approximate surface area is 57.3 Å². The van der Waals surface area contributed by atoms with Crippen molar-refractivity contribution in [3.63, 3.8) is 0 Å². The molecule has 1 heterocycles. The maximum atomic E-state index is 10.3. The Bertz CT molecular complexity index is 260. The van der Waals surface area contributed by atoms with Gasteiger partial charge in [0.25, 0.3) is 0 Å². The van der Waals surface area contributed by atoms with Gasteiger partial charge in [-0.05, 0) is 6.07 Å². The number of pyridine rings is 1. The summed E-state index contributed by atoms with van der Waals surface area (Å²) in [5.74, 6) is -0.983. The highest BCUT2D eigenvalue weighted by atomic mass is 16.4. The lowest BCUT2D eigenvalue weighted by Crippen LogP contribution is -2.08. The number of carboxylic acid groups (broad SMARTS) is 1. The Morgan fingerprint density at radius 1 is 1.60 bits per heavy atom. The zero-order valence-electron chi connectivity index (χ0n) is 5.16. The van der Waals surface area contributed by atoms with Crippen molar-refractivity contribution in [3.8, 4) is 0 Å². The normalized spacial score (nSPS) is 9.20. The molecule has 4 heteroatoms. The summed E-state index contributed by atoms with van der Waals surface area (Å²) in [5.41, 5.74) is 5.89. The molecule has 1 aromatic rings. The van der Waals surface area contributed by atoms with E-state index < -0.39 is 5.97 Å². The van der Waals surface area contributed by atoms with E-state index in [0.29, 0.717) is 5.69 Å². The summed E-state index contributed by atoms with van der Waals surface area (Å²) in [6.45, 7) is 0. The summed E-state index contributed by atoms with van der Waals surface area (Å²) in [6, 6.07) is 1.39. The minimum absolute atomic E-state index is 0.167. The van der Waals surface area contributed by atoms with E-state index in [-0.39, 0.29) is 5.56 Å². The molecule has 0 amide bonds. The second-order valence-electron chi connectivity index (χ2n) is 1.86. The van der Waals surface area contributed by atoms with Crippen LogP contribution in [-0.2, 0) is 0 Å². The number of aromatic amines is 1. The highest BCUT2D eigenvalue weighted by Crippen LogP contribution is 1.99. The SMILES string of the molecule is Nc1c[nH+]cc(C(=O)O)c1. The third-order valence-corrected chi connectivity index (χ3v) is 1.06. The number of rotatable bonds is 1. The summed E-state index contributed by atoms with van der Waals surface area (Å²) in [5, 5.41) is 8.43. The summed E-state index contributed by atoms with van der Waals surface area (Å²) in [6.07, 6.45) is 2.89. The molecule has 0 aliphatic rings. The Morgan fingerprint density at radius 3 is 2.70 bits per heavy atom. The van der Waals surface area contributed by atoms with Crippen LogP contribution < -0.4 is 10.7 Å². The van der Waals surface area contributed by atoms with E-state index in [1.165, 1.54) is 18.5 Å². The zero-order valence-corrected chi connectivity index (χ0v) is 5.16. The Hall–Kier alpha value is -1.58. The number of nitrogens with one attached hydrogen (secondary N) is 1. The fourth-order valence-corrected chi connectivity index (χ4v) is 0.614. The molecule has 0 saturated heterocycles. The smallest absolute Gasteiger partial charge is 0.341 e. The van der Waals surface area contributed by atoms with E-state index in [0.717, 1.165) is 0 Å². The minimum atomic E-state index is -0.983. The fraction of sp³-hybridized carbons (Fsp3) is 0. The molecule has 0 aliphatic carbocycles. The maximum Gasteiger partial charge on any atom is 0.341 e. The van der Waals surface area contributed by atoms with E-state index in [1.807, 2.05) is 0 Å². The standard InChI is InChI=1S/C6H6N2O2/c7-5-1-4(6(9)10)2-8-3-5/h1-3H,7H2,(H,9,10)/p+1. The van der Waals surface area contributed by atoms with Crippen molar-refractivity contribution in [2.45, 2.75) is 0 Å². The van der Waals surface area contributed by atoms with E-state index in [9.17, 15) is 4.79 Å². The lowest BCUT2D eigenvalue weighted by Gasteiger charge is -1.88. The molecule has 1 rings (SSSR count). The number of aromatic nitrogens is 1. The van der Waals surface area contributed by atoms with Gasteiger partial charge in [0, 0.05) is 0 Å². The number of carboxylic acids is 1. The third kappa shape index (κ3) is 1.22. The summed E-state index contributed by atoms with van der Waals surface area (Å²) >= 11 is 0. The van der Waals surface area contributed by atoms with E-state index >= 15 is 0 Å². The average molecular weight is 139 g/mol. The molecule has 52 valence electrons. The van der Waals surface area contributed by atoms with Gasteiger partial charge >= 0.3 is 5.97 Å². The molecule has 0 aliphatic heterocycles. The van der Waals surface area contributed by atoms with Gasteiger partial charge in [0.1, 0.15) is 5.56 Å². The average Bonchev–Trinajstić information content (AvgIpc) is 1.88. The Kier molecular flexibility index (Phi) is 1.53. The zero-order chi connectivity index (χ0) is 7.56. The van der Waals surface area contributed by atoms with Crippen LogP contribution in [0.25, 0.3) is 0 Å². The van der Waals surface area contributed by atoms with Crippen LogP contribution in [0.4, 0.5) is 5.69 Å². The molecule has 0 aromatic carbocycles. The lowest BCUT2D eigenvalue weighted by atomic mass is 10.3. The molecule has 0 unspecified atom stereocenters. The summed E-state index contributed by atoms with van der Waals surface area (Å²) < 4.78 is 0. The van der Waals surface area contributed by atoms with E-state index in [1.54, 1.807) is 0 Å². The number of nitrogens with two attached hydrogens (primary N) is 1. The molecule has 0 atom stereocenters. The third-order valence-electron chi connectivity index (χ3n) is 1.06. The maximum absolute atomic E-state index is 10.3. The van der Waals surface area contributed by atoms with Crippen LogP contribution in [0.5, 0.6) is 0 Å². The molecule has 0 bridgehead atoms. The van der Waals surface area contributed by atoms with Gasteiger partial charge in [-0.1, -0.05) is 0 Å². The number of anilines is 1. The van der Waals surface area contributed by atoms with E-state index in [4.69, 9.17) is 10.8 Å². The molecule has 0 fully saturated rings. The molecule has 4 nitrogen and oxygen atoms in total. The molecular weight excluding hydrogens is 132 g/mol. The van der Waals surface area contributed by atoms with Gasteiger partial charge in [0.05, 0.1) is 5.69 Å². The summed E-state index contributed by atoms with van der Waals surface area (Å²) in [7, 11) is 0. The first-order valence-electron chi connectivity index (χ1n) is 2.70. The van der Waals surface area contributed by atoms with Crippen molar-refractivity contribution in [1.82, 2.24) is 0 Å². The van der Waals surface area contributed by atoms with E-state index in [2.05, 4.69) is 4.98 Å². The van der Waals surface area contributed by atoms with Gasteiger partial charge < -0.3 is 10.8 Å². The highest BCUT2D eigenvalue weighted by molar-refractivity contribution is 5.87. The fourth-order valence-electron chi connectivity index (χ4n) is 0.614. The van der Waals surface area contributed by atoms with Crippen LogP contribution in [0.2, 0.25) is 0 Å². The molecule has 4 N–H and O–H groups in total. The van der Waals surface area contributed by atoms with Crippen LogP contribution in [-0.4, -0.2) is 11.1 Å². The van der Waals surface area contributed by atoms with Gasteiger partial charge in [-0.15, -0.1) is 0 Å². The van der Waals surface area contributed by atoms with Crippen LogP contribution in [0, 0.1) is 0 Å². The number of hydrogen-bond donors (Lipinski definition) is 2. The molecule has 0 spiro atoms. The van der Waals surface area contributed by atoms with Crippen molar-refractivity contribution >= 4 is 11.7 Å². The predicted octanol–water partition coefficient (Wildman–Crippen LogP) is -0.219. The first kappa shape index (κ1) is 6.54. The quantitative estimate of drug-likeness (QED) is 0.564. The molecule has 1 aromatic heterocycles. The van der Waals surface area contributed by atoms with Gasteiger partial charge in [-0.3, -0.25) is 0 Å². The molecule has 10 heavy (non-hydrogen) atoms. The lowest BCUT2D eigenvalue weighted by molar-refractivity contribution is -0.377. The van der Waals surface area contributed by atoms with Crippen LogP contribution in [0.3, 0.4) is 0 Å². The van der Waals surface area contributed by atoms with Gasteiger partial charge in [0.15, 0.2) is 12.4 Å². The minimum Gasteiger partial charge on any atom is -0.477 e. The number of nitrogen functional groups attached to an aromatic ring is 1. The number of aromatic carboxylic acids is 1. The first-order valence-corrected chi connectivity index (χ1v) is 2.70. The Morgan fingerprint density at radius 2 is 2.30 bits per heavy atom. The topological polar surface area (TPSA) is 77.5 Å². The summed E-state index contributed by atoms with van der Waals surface area (Å²) in [4.78, 5) is 12.9. The monoisotopic (exact) mass is 139 g/mol. The van der Waals surface area contributed by atoms with Crippen LogP contribution in [0.15, 0.2) is 18.5 Å². The van der Waals surface area contributed by atoms with Crippen molar-refractivity contribution < 1.29 is 14.9 Å². The van der Waals surface area contributed by atoms with Crippen LogP contribution >= 0.6 is 0 Å². The van der Waals surface area contributed by atoms with Gasteiger partial charge in [0.2, 0.25) is 0 Å². The number of carbonyl (C=O) groups is 1.